The Morgan fingerprint density at radius 2 is 1.15 bits per heavy atom. The molecule has 8 aromatic rings. The van der Waals surface area contributed by atoms with Crippen LogP contribution >= 0.6 is 0 Å². The summed E-state index contributed by atoms with van der Waals surface area (Å²) < 4.78 is 9.00. The van der Waals surface area contributed by atoms with Gasteiger partial charge in [-0.1, -0.05) is 103 Å². The van der Waals surface area contributed by atoms with E-state index >= 15 is 0 Å². The molecule has 0 fully saturated rings. The van der Waals surface area contributed by atoms with E-state index < -0.39 is 0 Å². The Bertz CT molecular complexity index is 2260. The molecule has 1 aliphatic carbocycles. The quantitative estimate of drug-likeness (QED) is 0.237. The summed E-state index contributed by atoms with van der Waals surface area (Å²) in [6, 6.07) is 46.8. The smallest absolute Gasteiger partial charge is 0.143 e. The normalized spacial score (nSPS) is 12.0. The van der Waals surface area contributed by atoms with E-state index in [1.807, 2.05) is 12.1 Å². The van der Waals surface area contributed by atoms with E-state index in [1.165, 1.54) is 27.5 Å². The highest BCUT2D eigenvalue weighted by atomic mass is 16.3. The van der Waals surface area contributed by atoms with Crippen LogP contribution in [0.5, 0.6) is 0 Å². The van der Waals surface area contributed by atoms with Gasteiger partial charge >= 0.3 is 0 Å². The Morgan fingerprint density at radius 3 is 1.98 bits per heavy atom. The predicted molar refractivity (Wildman–Crippen MR) is 164 cm³/mol. The molecule has 0 saturated heterocycles. The first-order valence-corrected chi connectivity index (χ1v) is 13.6. The average Bonchev–Trinajstić information content (AvgIpc) is 3.54. The van der Waals surface area contributed by atoms with Gasteiger partial charge in [0.05, 0.1) is 16.7 Å². The van der Waals surface area contributed by atoms with E-state index in [2.05, 4.69) is 126 Å². The van der Waals surface area contributed by atoms with Gasteiger partial charge in [-0.25, -0.2) is 4.98 Å². The maximum atomic E-state index is 6.69. The topological polar surface area (TPSA) is 31.0 Å². The molecule has 0 atom stereocenters. The van der Waals surface area contributed by atoms with Crippen molar-refractivity contribution >= 4 is 32.8 Å². The van der Waals surface area contributed by atoms with Gasteiger partial charge in [-0.05, 0) is 47.0 Å². The first-order chi connectivity index (χ1) is 19.9. The Balaban J connectivity index is 1.45. The number of benzene rings is 5. The number of fused-ring (bicyclic) bond motifs is 3. The van der Waals surface area contributed by atoms with Gasteiger partial charge in [0.2, 0.25) is 0 Å². The summed E-state index contributed by atoms with van der Waals surface area (Å²) in [5.41, 5.74) is 11.1. The van der Waals surface area contributed by atoms with E-state index in [0.29, 0.717) is 0 Å². The van der Waals surface area contributed by atoms with Crippen LogP contribution < -0.4 is 0 Å². The van der Waals surface area contributed by atoms with E-state index in [9.17, 15) is 0 Å². The summed E-state index contributed by atoms with van der Waals surface area (Å²) in [6.45, 7) is 0. The molecule has 0 saturated carbocycles. The number of hydrogen-bond donors (Lipinski definition) is 0. The minimum Gasteiger partial charge on any atom is -0.455 e. The highest BCUT2D eigenvalue weighted by Gasteiger charge is 2.29. The molecule has 0 bridgehead atoms. The third-order valence-corrected chi connectivity index (χ3v) is 8.16. The van der Waals surface area contributed by atoms with Crippen molar-refractivity contribution in [2.75, 3.05) is 0 Å². The fraction of sp³-hybridized carbons (Fsp3) is 0. The molecule has 3 aromatic heterocycles. The zero-order valence-electron chi connectivity index (χ0n) is 21.5. The lowest BCUT2D eigenvalue weighted by Gasteiger charge is -2.12. The zero-order valence-corrected chi connectivity index (χ0v) is 21.5. The lowest BCUT2D eigenvalue weighted by Crippen LogP contribution is -1.98. The fourth-order valence-corrected chi connectivity index (χ4v) is 6.51. The van der Waals surface area contributed by atoms with Gasteiger partial charge in [0.15, 0.2) is 0 Å². The Labute approximate surface area is 230 Å². The van der Waals surface area contributed by atoms with Crippen molar-refractivity contribution in [2.24, 2.45) is 0 Å². The van der Waals surface area contributed by atoms with Crippen LogP contribution in [0.2, 0.25) is 0 Å². The largest absolute Gasteiger partial charge is 0.455 e. The Kier molecular flexibility index (Phi) is 4.33. The van der Waals surface area contributed by atoms with Crippen molar-refractivity contribution in [2.45, 2.75) is 0 Å². The van der Waals surface area contributed by atoms with Gasteiger partial charge in [0.1, 0.15) is 17.2 Å². The van der Waals surface area contributed by atoms with Crippen LogP contribution in [0.3, 0.4) is 0 Å². The predicted octanol–water partition coefficient (Wildman–Crippen LogP) is 9.91. The second-order valence-corrected chi connectivity index (χ2v) is 10.3. The molecule has 1 aliphatic rings. The molecule has 186 valence electrons. The maximum Gasteiger partial charge on any atom is 0.143 e. The van der Waals surface area contributed by atoms with Gasteiger partial charge in [-0.3, -0.25) is 4.57 Å². The van der Waals surface area contributed by atoms with Crippen LogP contribution in [0.4, 0.5) is 0 Å². The SMILES string of the molecule is c1ccc(-c2cccc(-n3c4cccc5c4c4c6c(c(-c7ccccc7)oc6ccc43)-c3ccccc3-5)n2)cc1. The first kappa shape index (κ1) is 21.5. The molecule has 40 heavy (non-hydrogen) atoms. The van der Waals surface area contributed by atoms with Gasteiger partial charge in [0.25, 0.3) is 0 Å². The average molecular weight is 511 g/mol. The van der Waals surface area contributed by atoms with Crippen LogP contribution in [0, 0.1) is 0 Å². The molecule has 0 spiro atoms. The zero-order chi connectivity index (χ0) is 26.2. The Morgan fingerprint density at radius 1 is 0.475 bits per heavy atom. The van der Waals surface area contributed by atoms with Crippen LogP contribution in [-0.4, -0.2) is 9.55 Å². The molecule has 0 unspecified atom stereocenters. The molecular formula is C37H22N2O. The van der Waals surface area contributed by atoms with Crippen molar-refractivity contribution < 1.29 is 4.42 Å². The maximum absolute atomic E-state index is 6.69. The summed E-state index contributed by atoms with van der Waals surface area (Å²) in [7, 11) is 0. The van der Waals surface area contributed by atoms with Crippen molar-refractivity contribution in [3.8, 4) is 50.7 Å². The number of rotatable bonds is 3. The summed E-state index contributed by atoms with van der Waals surface area (Å²) in [5.74, 6) is 1.81. The molecule has 3 nitrogen and oxygen atoms in total. The van der Waals surface area contributed by atoms with Gasteiger partial charge in [-0.2, -0.15) is 0 Å². The molecule has 0 aliphatic heterocycles. The number of hydrogen-bond acceptors (Lipinski definition) is 2. The van der Waals surface area contributed by atoms with Gasteiger partial charge < -0.3 is 4.42 Å². The summed E-state index contributed by atoms with van der Waals surface area (Å²) in [6.07, 6.45) is 0. The third kappa shape index (κ3) is 2.86. The molecule has 3 heterocycles. The van der Waals surface area contributed by atoms with Crippen LogP contribution in [0.1, 0.15) is 0 Å². The lowest BCUT2D eigenvalue weighted by molar-refractivity contribution is 0.632. The molecule has 0 N–H and O–H groups in total. The van der Waals surface area contributed by atoms with Gasteiger partial charge in [0, 0.05) is 32.8 Å². The summed E-state index contributed by atoms with van der Waals surface area (Å²) in [4.78, 5) is 5.17. The first-order valence-electron chi connectivity index (χ1n) is 13.6. The number of aromatic nitrogens is 2. The summed E-state index contributed by atoms with van der Waals surface area (Å²) >= 11 is 0. The number of furan rings is 1. The molecule has 5 aromatic carbocycles. The van der Waals surface area contributed by atoms with E-state index in [0.717, 1.165) is 56.0 Å². The molecule has 0 amide bonds. The van der Waals surface area contributed by atoms with Crippen molar-refractivity contribution in [3.63, 3.8) is 0 Å². The number of nitrogens with zero attached hydrogens (tertiary/aromatic N) is 2. The highest BCUT2D eigenvalue weighted by molar-refractivity contribution is 6.31. The minimum atomic E-state index is 0.901. The monoisotopic (exact) mass is 510 g/mol. The van der Waals surface area contributed by atoms with Crippen molar-refractivity contribution in [1.29, 1.82) is 0 Å². The minimum absolute atomic E-state index is 0.901. The molecule has 3 heteroatoms. The van der Waals surface area contributed by atoms with E-state index in [-0.39, 0.29) is 0 Å². The number of pyridine rings is 1. The second-order valence-electron chi connectivity index (χ2n) is 10.3. The van der Waals surface area contributed by atoms with Gasteiger partial charge in [-0.15, -0.1) is 0 Å². The third-order valence-electron chi connectivity index (χ3n) is 8.16. The lowest BCUT2D eigenvalue weighted by atomic mass is 9.93. The van der Waals surface area contributed by atoms with Crippen LogP contribution in [0.15, 0.2) is 138 Å². The standard InChI is InChI=1S/C37H22N2O/c1-3-11-23(12-4-1)28-18-10-20-32(38-28)39-29-19-9-17-26-25-15-7-8-16-27(25)34-36-31(22-21-30(39)35(36)33(26)29)40-37(34)24-13-5-2-6-14-24/h1-22H. The van der Waals surface area contributed by atoms with Crippen molar-refractivity contribution in [3.05, 3.63) is 133 Å². The van der Waals surface area contributed by atoms with Crippen molar-refractivity contribution in [1.82, 2.24) is 9.55 Å². The van der Waals surface area contributed by atoms with E-state index in [1.54, 1.807) is 0 Å². The molecule has 0 radical (unpaired) electrons. The van der Waals surface area contributed by atoms with Crippen LogP contribution in [-0.2, 0) is 0 Å². The van der Waals surface area contributed by atoms with Crippen LogP contribution in [0.25, 0.3) is 83.4 Å². The Hall–Kier alpha value is -5.41. The highest BCUT2D eigenvalue weighted by Crippen LogP contribution is 2.53. The molecule has 9 rings (SSSR count). The van der Waals surface area contributed by atoms with E-state index in [4.69, 9.17) is 9.40 Å². The summed E-state index contributed by atoms with van der Waals surface area (Å²) in [5, 5.41) is 3.62. The molecular weight excluding hydrogens is 488 g/mol. The second kappa shape index (κ2) is 8.05. The fourth-order valence-electron chi connectivity index (χ4n) is 6.51.